The predicted octanol–water partition coefficient (Wildman–Crippen LogP) is 9.14. The van der Waals surface area contributed by atoms with E-state index >= 15 is 0 Å². The Morgan fingerprint density at radius 2 is 1.76 bits per heavy atom. The molecule has 0 aliphatic carbocycles. The molecule has 284 valence electrons. The van der Waals surface area contributed by atoms with Crippen LogP contribution < -0.4 is 21.3 Å². The first-order valence-electron chi connectivity index (χ1n) is 18.3. The van der Waals surface area contributed by atoms with Crippen LogP contribution >= 0.6 is 0 Å². The summed E-state index contributed by atoms with van der Waals surface area (Å²) in [6.07, 6.45) is 8.26. The zero-order valence-corrected chi connectivity index (χ0v) is 34.4. The number of benzene rings is 1. The molecule has 1 aromatic carbocycles. The number of allylic oxidation sites excluding steroid dienone is 2. The van der Waals surface area contributed by atoms with Gasteiger partial charge in [0.1, 0.15) is 11.7 Å². The van der Waals surface area contributed by atoms with Gasteiger partial charge in [0, 0.05) is 45.0 Å². The first-order chi connectivity index (χ1) is 23.2. The van der Waals surface area contributed by atoms with Gasteiger partial charge in [0.2, 0.25) is 5.79 Å². The topological polar surface area (TPSA) is 109 Å². The van der Waals surface area contributed by atoms with Crippen molar-refractivity contribution in [2.24, 2.45) is 15.9 Å². The van der Waals surface area contributed by atoms with E-state index < -0.39 is 5.79 Å². The van der Waals surface area contributed by atoms with Crippen molar-refractivity contribution in [3.63, 3.8) is 0 Å². The van der Waals surface area contributed by atoms with Crippen LogP contribution in [0.5, 0.6) is 0 Å². The quantitative estimate of drug-likeness (QED) is 0.138. The molecule has 2 aliphatic rings. The molecule has 0 aromatic heterocycles. The zero-order valence-electron chi connectivity index (χ0n) is 34.4. The Morgan fingerprint density at radius 1 is 1.16 bits per heavy atom. The summed E-state index contributed by atoms with van der Waals surface area (Å²) in [5, 5.41) is 21.0. The first kappa shape index (κ1) is 47.8. The van der Waals surface area contributed by atoms with Gasteiger partial charge in [-0.25, -0.2) is 4.99 Å². The summed E-state index contributed by atoms with van der Waals surface area (Å²) >= 11 is 0. The molecule has 9 nitrogen and oxygen atoms in total. The third-order valence-corrected chi connectivity index (χ3v) is 7.37. The molecule has 9 heteroatoms. The number of hydrogen-bond acceptors (Lipinski definition) is 8. The van der Waals surface area contributed by atoms with Gasteiger partial charge in [0.05, 0.1) is 18.2 Å². The standard InChI is InChI=1S/C32H49N7O.C2H7N.3C2H6.2H2/c1-11-12-29(36-24(5)18-34-10)39-25(6)16-31(7,8)40-20-23(4)28-19-35-32(9,38-30(28)39)37-26-13-14-27(21(2)15-26)22(3)17-33;1-3-2;3*1-2;;/h11-15,17,19,23-25,33-34,37-38H,3,16,18,20H2,1-2,4-10H3;3H,1-2H3;3*1-2H3;2*1H/b12-11-,33-17?,36-29?;;;;;;/t23-,24?,25-,32+;;;;;;/m1....../s1. The Morgan fingerprint density at radius 3 is 2.27 bits per heavy atom. The number of likely N-dealkylation sites (N-methyl/N-ethyl adjacent to an activating group) is 1. The highest BCUT2D eigenvalue weighted by atomic mass is 16.5. The highest BCUT2D eigenvalue weighted by Gasteiger charge is 2.38. The van der Waals surface area contributed by atoms with E-state index in [0.717, 1.165) is 47.0 Å². The van der Waals surface area contributed by atoms with Gasteiger partial charge in [-0.3, -0.25) is 4.99 Å². The summed E-state index contributed by atoms with van der Waals surface area (Å²) in [4.78, 5) is 12.5. The summed E-state index contributed by atoms with van der Waals surface area (Å²) in [5.41, 5.74) is 4.43. The van der Waals surface area contributed by atoms with Crippen LogP contribution in [0.2, 0.25) is 0 Å². The molecule has 0 saturated heterocycles. The summed E-state index contributed by atoms with van der Waals surface area (Å²) in [7, 11) is 5.71. The molecule has 1 unspecified atom stereocenters. The lowest BCUT2D eigenvalue weighted by atomic mass is 9.98. The van der Waals surface area contributed by atoms with Crippen LogP contribution in [-0.4, -0.2) is 80.9 Å². The van der Waals surface area contributed by atoms with Crippen molar-refractivity contribution < 1.29 is 7.59 Å². The molecule has 0 fully saturated rings. The first-order valence-corrected chi connectivity index (χ1v) is 18.3. The SMILES string of the molecule is C=C(C=N)c1ccc(N[C@]2(C)N=CC3=C(N2)N(C(/C=C\C)=NC(C)CNC)[C@H](C)CC(C)(C)OC[C@H]3C)cc1C.CC.CC.CC.CNC.[HH].[HH]. The van der Waals surface area contributed by atoms with Crippen LogP contribution in [0, 0.1) is 18.3 Å². The van der Waals surface area contributed by atoms with Gasteiger partial charge >= 0.3 is 0 Å². The smallest absolute Gasteiger partial charge is 0.203 e. The van der Waals surface area contributed by atoms with Gasteiger partial charge in [-0.15, -0.1) is 0 Å². The second-order valence-electron chi connectivity index (χ2n) is 12.4. The number of nitrogens with zero attached hydrogens (tertiary/aromatic N) is 3. The molecule has 0 spiro atoms. The number of hydrogen-bond donors (Lipinski definition) is 5. The Hall–Kier alpha value is -3.27. The molecule has 4 atom stereocenters. The van der Waals surface area contributed by atoms with E-state index in [-0.39, 0.29) is 26.5 Å². The van der Waals surface area contributed by atoms with Crippen molar-refractivity contribution in [3.05, 3.63) is 59.5 Å². The minimum Gasteiger partial charge on any atom is -0.375 e. The number of ether oxygens (including phenoxy) is 1. The third-order valence-electron chi connectivity index (χ3n) is 7.37. The third kappa shape index (κ3) is 15.4. The highest BCUT2D eigenvalue weighted by Crippen LogP contribution is 2.33. The lowest BCUT2D eigenvalue weighted by Crippen LogP contribution is -2.56. The van der Waals surface area contributed by atoms with Gasteiger partial charge in [0.25, 0.3) is 0 Å². The molecular weight excluding hydrogens is 608 g/mol. The monoisotopic (exact) mass is 687 g/mol. The van der Waals surface area contributed by atoms with Crippen molar-refractivity contribution in [2.45, 2.75) is 127 Å². The number of nitrogens with one attached hydrogen (secondary N) is 5. The molecule has 49 heavy (non-hydrogen) atoms. The maximum absolute atomic E-state index is 7.57. The fraction of sp³-hybridized carbons (Fsp3) is 0.625. The molecule has 1 aromatic rings. The fourth-order valence-electron chi connectivity index (χ4n) is 5.44. The maximum atomic E-state index is 7.57. The zero-order chi connectivity index (χ0) is 38.4. The second-order valence-corrected chi connectivity index (χ2v) is 12.4. The van der Waals surface area contributed by atoms with E-state index in [4.69, 9.17) is 20.1 Å². The Bertz CT molecular complexity index is 1240. The lowest BCUT2D eigenvalue weighted by Gasteiger charge is -2.42. The fourth-order valence-corrected chi connectivity index (χ4v) is 5.44. The Balaban J connectivity index is -0.000000921. The normalized spacial score (nSPS) is 21.9. The van der Waals surface area contributed by atoms with Gasteiger partial charge < -0.3 is 36.3 Å². The number of aliphatic imine (C=N–C) groups is 2. The lowest BCUT2D eigenvalue weighted by molar-refractivity contribution is -0.0393. The van der Waals surface area contributed by atoms with Gasteiger partial charge in [-0.1, -0.05) is 67.2 Å². The Labute approximate surface area is 304 Å². The van der Waals surface area contributed by atoms with E-state index in [1.165, 1.54) is 6.21 Å². The van der Waals surface area contributed by atoms with Crippen LogP contribution in [0.25, 0.3) is 5.57 Å². The molecule has 0 bridgehead atoms. The number of aryl methyl sites for hydroxylation is 1. The van der Waals surface area contributed by atoms with E-state index in [1.807, 2.05) is 102 Å². The summed E-state index contributed by atoms with van der Waals surface area (Å²) in [6.45, 7) is 34.4. The molecule has 3 rings (SSSR count). The van der Waals surface area contributed by atoms with Crippen LogP contribution in [-0.2, 0) is 4.74 Å². The second kappa shape index (κ2) is 24.8. The van der Waals surface area contributed by atoms with E-state index in [0.29, 0.717) is 12.2 Å². The van der Waals surface area contributed by atoms with Gasteiger partial charge in [-0.05, 0) is 111 Å². The van der Waals surface area contributed by atoms with Crippen LogP contribution in [0.4, 0.5) is 5.69 Å². The van der Waals surface area contributed by atoms with E-state index in [9.17, 15) is 0 Å². The summed E-state index contributed by atoms with van der Waals surface area (Å²) in [6, 6.07) is 6.28. The summed E-state index contributed by atoms with van der Waals surface area (Å²) in [5.74, 6) is 1.22. The van der Waals surface area contributed by atoms with Crippen molar-refractivity contribution in [1.82, 2.24) is 20.9 Å². The van der Waals surface area contributed by atoms with Crippen molar-refractivity contribution in [3.8, 4) is 0 Å². The van der Waals surface area contributed by atoms with Crippen molar-refractivity contribution in [1.29, 1.82) is 5.41 Å². The average Bonchev–Trinajstić information content (AvgIpc) is 3.09. The minimum atomic E-state index is -0.801. The molecule has 2 aliphatic heterocycles. The largest absolute Gasteiger partial charge is 0.375 e. The number of amidine groups is 1. The molecule has 2 heterocycles. The molecule has 5 N–H and O–H groups in total. The Kier molecular flexibility index (Phi) is 24.2. The molecule has 0 radical (unpaired) electrons. The van der Waals surface area contributed by atoms with Crippen LogP contribution in [0.3, 0.4) is 0 Å². The highest BCUT2D eigenvalue weighted by molar-refractivity contribution is 6.07. The molecule has 0 amide bonds. The van der Waals surface area contributed by atoms with Gasteiger partial charge in [-0.2, -0.15) is 0 Å². The van der Waals surface area contributed by atoms with E-state index in [2.05, 4.69) is 85.6 Å². The minimum absolute atomic E-state index is 0. The number of anilines is 1. The molecular formula is C40H78N8O. The number of rotatable bonds is 8. The van der Waals surface area contributed by atoms with Crippen LogP contribution in [0.1, 0.15) is 110 Å². The average molecular weight is 687 g/mol. The van der Waals surface area contributed by atoms with Crippen LogP contribution in [0.15, 0.2) is 58.3 Å². The van der Waals surface area contributed by atoms with Gasteiger partial charge in [0.15, 0.2) is 0 Å². The van der Waals surface area contributed by atoms with Crippen molar-refractivity contribution >= 4 is 29.5 Å². The van der Waals surface area contributed by atoms with E-state index in [1.54, 1.807) is 0 Å². The predicted molar refractivity (Wildman–Crippen MR) is 224 cm³/mol. The summed E-state index contributed by atoms with van der Waals surface area (Å²) < 4.78 is 6.43. The molecule has 0 saturated carbocycles. The maximum Gasteiger partial charge on any atom is 0.203 e. The van der Waals surface area contributed by atoms with Crippen molar-refractivity contribution in [2.75, 3.05) is 39.6 Å².